The molecule has 112 valence electrons. The van der Waals surface area contributed by atoms with Crippen molar-refractivity contribution in [2.24, 2.45) is 5.92 Å². The lowest BCUT2D eigenvalue weighted by atomic mass is 9.96. The Bertz CT molecular complexity index is 414. The first kappa shape index (κ1) is 14.8. The molecule has 0 radical (unpaired) electrons. The van der Waals surface area contributed by atoms with Crippen LogP contribution in [0.25, 0.3) is 0 Å². The molecular weight excluding hydrogens is 288 g/mol. The fourth-order valence-electron chi connectivity index (χ4n) is 3.96. The molecule has 4 heteroatoms. The molecule has 1 aliphatic heterocycles. The molecule has 1 atom stereocenters. The number of alkyl halides is 1. The van der Waals surface area contributed by atoms with E-state index in [2.05, 4.69) is 15.3 Å². The molecule has 2 fully saturated rings. The maximum absolute atomic E-state index is 5.81. The van der Waals surface area contributed by atoms with Crippen molar-refractivity contribution in [1.29, 1.82) is 0 Å². The summed E-state index contributed by atoms with van der Waals surface area (Å²) in [7, 11) is 0. The van der Waals surface area contributed by atoms with E-state index in [9.17, 15) is 0 Å². The van der Waals surface area contributed by atoms with Crippen molar-refractivity contribution in [2.45, 2.75) is 63.3 Å². The lowest BCUT2D eigenvalue weighted by Crippen LogP contribution is -2.35. The highest BCUT2D eigenvalue weighted by molar-refractivity contribution is 7.09. The molecule has 20 heavy (non-hydrogen) atoms. The second-order valence-electron chi connectivity index (χ2n) is 6.26. The predicted octanol–water partition coefficient (Wildman–Crippen LogP) is 4.47. The topological polar surface area (TPSA) is 16.1 Å². The zero-order chi connectivity index (χ0) is 13.8. The summed E-state index contributed by atoms with van der Waals surface area (Å²) in [6, 6.07) is 0.896. The summed E-state index contributed by atoms with van der Waals surface area (Å²) in [6.07, 6.45) is 11.1. The van der Waals surface area contributed by atoms with Crippen LogP contribution in [0.3, 0.4) is 0 Å². The van der Waals surface area contributed by atoms with Gasteiger partial charge in [-0.2, -0.15) is 0 Å². The van der Waals surface area contributed by atoms with Gasteiger partial charge in [0, 0.05) is 17.8 Å². The number of halogens is 1. The van der Waals surface area contributed by atoms with Gasteiger partial charge in [-0.3, -0.25) is 0 Å². The quantitative estimate of drug-likeness (QED) is 0.720. The first-order chi connectivity index (χ1) is 9.86. The molecule has 0 aromatic carbocycles. The Hall–Kier alpha value is -0.120. The third-order valence-electron chi connectivity index (χ3n) is 4.93. The monoisotopic (exact) mass is 312 g/mol. The summed E-state index contributed by atoms with van der Waals surface area (Å²) in [4.78, 5) is 7.33. The van der Waals surface area contributed by atoms with Crippen molar-refractivity contribution >= 4 is 22.9 Å². The number of thiazole rings is 1. The van der Waals surface area contributed by atoms with Crippen molar-refractivity contribution in [1.82, 2.24) is 9.88 Å². The van der Waals surface area contributed by atoms with Crippen molar-refractivity contribution in [3.8, 4) is 0 Å². The van der Waals surface area contributed by atoms with Crippen LogP contribution in [0.5, 0.6) is 0 Å². The van der Waals surface area contributed by atoms with Gasteiger partial charge in [-0.05, 0) is 51.1 Å². The zero-order valence-corrected chi connectivity index (χ0v) is 13.8. The Morgan fingerprint density at radius 3 is 2.85 bits per heavy atom. The van der Waals surface area contributed by atoms with Crippen LogP contribution in [0.1, 0.15) is 55.6 Å². The van der Waals surface area contributed by atoms with E-state index in [1.54, 1.807) is 11.3 Å². The third-order valence-corrected chi connectivity index (χ3v) is 6.16. The predicted molar refractivity (Wildman–Crippen MR) is 86.5 cm³/mol. The summed E-state index contributed by atoms with van der Waals surface area (Å²) < 4.78 is 0. The highest BCUT2D eigenvalue weighted by Gasteiger charge is 2.32. The van der Waals surface area contributed by atoms with E-state index in [4.69, 9.17) is 11.6 Å². The van der Waals surface area contributed by atoms with E-state index in [0.717, 1.165) is 24.1 Å². The first-order valence-corrected chi connectivity index (χ1v) is 9.51. The van der Waals surface area contributed by atoms with E-state index in [0.29, 0.717) is 5.88 Å². The van der Waals surface area contributed by atoms with Crippen LogP contribution in [-0.2, 0) is 12.3 Å². The molecule has 3 rings (SSSR count). The molecule has 1 aromatic rings. The van der Waals surface area contributed by atoms with Gasteiger partial charge >= 0.3 is 0 Å². The Labute approximate surface area is 131 Å². The van der Waals surface area contributed by atoms with E-state index >= 15 is 0 Å². The maximum atomic E-state index is 5.81. The molecule has 2 nitrogen and oxygen atoms in total. The highest BCUT2D eigenvalue weighted by Crippen LogP contribution is 2.35. The van der Waals surface area contributed by atoms with Gasteiger partial charge < -0.3 is 4.90 Å². The van der Waals surface area contributed by atoms with Gasteiger partial charge in [0.1, 0.15) is 0 Å². The third kappa shape index (κ3) is 3.55. The van der Waals surface area contributed by atoms with Crippen LogP contribution >= 0.6 is 22.9 Å². The van der Waals surface area contributed by atoms with Gasteiger partial charge in [-0.15, -0.1) is 22.9 Å². The van der Waals surface area contributed by atoms with E-state index < -0.39 is 0 Å². The number of rotatable bonds is 6. The summed E-state index contributed by atoms with van der Waals surface area (Å²) in [6.45, 7) is 2.59. The second kappa shape index (κ2) is 7.24. The van der Waals surface area contributed by atoms with Gasteiger partial charge in [0.15, 0.2) is 0 Å². The van der Waals surface area contributed by atoms with Crippen LogP contribution < -0.4 is 0 Å². The SMILES string of the molecule is ClCc1csc(CCCN2CCCC2C2CCCC2)n1. The van der Waals surface area contributed by atoms with Crippen LogP contribution in [-0.4, -0.2) is 29.0 Å². The molecule has 1 aromatic heterocycles. The Kier molecular flexibility index (Phi) is 5.36. The molecular formula is C16H25ClN2S. The minimum Gasteiger partial charge on any atom is -0.300 e. The number of likely N-dealkylation sites (tertiary alicyclic amines) is 1. The van der Waals surface area contributed by atoms with Crippen molar-refractivity contribution in [3.63, 3.8) is 0 Å². The van der Waals surface area contributed by atoms with Gasteiger partial charge in [0.2, 0.25) is 0 Å². The van der Waals surface area contributed by atoms with Crippen LogP contribution in [0.4, 0.5) is 0 Å². The number of nitrogens with zero attached hydrogens (tertiary/aromatic N) is 2. The largest absolute Gasteiger partial charge is 0.300 e. The number of aromatic nitrogens is 1. The van der Waals surface area contributed by atoms with E-state index in [-0.39, 0.29) is 0 Å². The summed E-state index contributed by atoms with van der Waals surface area (Å²) >= 11 is 7.57. The summed E-state index contributed by atoms with van der Waals surface area (Å²) in [5.74, 6) is 1.55. The Morgan fingerprint density at radius 1 is 1.25 bits per heavy atom. The van der Waals surface area contributed by atoms with Crippen LogP contribution in [0.15, 0.2) is 5.38 Å². The molecule has 1 saturated carbocycles. The van der Waals surface area contributed by atoms with Crippen LogP contribution in [0.2, 0.25) is 0 Å². The van der Waals surface area contributed by atoms with Gasteiger partial charge in [-0.25, -0.2) is 4.98 Å². The zero-order valence-electron chi connectivity index (χ0n) is 12.2. The molecule has 2 heterocycles. The van der Waals surface area contributed by atoms with Crippen molar-refractivity contribution in [2.75, 3.05) is 13.1 Å². The average molecular weight is 313 g/mol. The van der Waals surface area contributed by atoms with Gasteiger partial charge in [-0.1, -0.05) is 12.8 Å². The fourth-order valence-corrected chi connectivity index (χ4v) is 5.03. The molecule has 1 saturated heterocycles. The Morgan fingerprint density at radius 2 is 2.10 bits per heavy atom. The van der Waals surface area contributed by atoms with Gasteiger partial charge in [0.05, 0.1) is 16.6 Å². The molecule has 1 aliphatic carbocycles. The lowest BCUT2D eigenvalue weighted by Gasteiger charge is -2.29. The molecule has 0 N–H and O–H groups in total. The standard InChI is InChI=1S/C16H25ClN2S/c17-11-14-12-20-16(18-14)8-4-10-19-9-3-7-15(19)13-5-1-2-6-13/h12-13,15H,1-11H2. The Balaban J connectivity index is 1.45. The van der Waals surface area contributed by atoms with Crippen LogP contribution in [0, 0.1) is 5.92 Å². The molecule has 2 aliphatic rings. The minimum absolute atomic E-state index is 0.548. The summed E-state index contributed by atoms with van der Waals surface area (Å²) in [5.41, 5.74) is 1.04. The molecule has 0 spiro atoms. The first-order valence-electron chi connectivity index (χ1n) is 8.10. The molecule has 0 bridgehead atoms. The number of hydrogen-bond donors (Lipinski definition) is 0. The smallest absolute Gasteiger partial charge is 0.0929 e. The normalized spacial score (nSPS) is 24.8. The van der Waals surface area contributed by atoms with E-state index in [1.807, 2.05) is 0 Å². The summed E-state index contributed by atoms with van der Waals surface area (Å²) in [5, 5.41) is 3.36. The van der Waals surface area contributed by atoms with Crippen molar-refractivity contribution in [3.05, 3.63) is 16.1 Å². The van der Waals surface area contributed by atoms with Crippen molar-refractivity contribution < 1.29 is 0 Å². The van der Waals surface area contributed by atoms with Gasteiger partial charge in [0.25, 0.3) is 0 Å². The highest BCUT2D eigenvalue weighted by atomic mass is 35.5. The average Bonchev–Trinajstić information content (AvgIpc) is 3.20. The molecule has 1 unspecified atom stereocenters. The lowest BCUT2D eigenvalue weighted by molar-refractivity contribution is 0.189. The maximum Gasteiger partial charge on any atom is 0.0929 e. The second-order valence-corrected chi connectivity index (χ2v) is 7.47. The molecule has 0 amide bonds. The number of hydrogen-bond acceptors (Lipinski definition) is 3. The number of aryl methyl sites for hydroxylation is 1. The minimum atomic E-state index is 0.548. The van der Waals surface area contributed by atoms with E-state index in [1.165, 1.54) is 63.0 Å². The fraction of sp³-hybridized carbons (Fsp3) is 0.812.